The molecule has 192 valence electrons. The van der Waals surface area contributed by atoms with Gasteiger partial charge >= 0.3 is 5.97 Å². The molecule has 0 aromatic rings. The van der Waals surface area contributed by atoms with Gasteiger partial charge in [-0.05, 0) is 98.2 Å². The maximum Gasteiger partial charge on any atom is 0.320 e. The van der Waals surface area contributed by atoms with E-state index in [4.69, 9.17) is 22.1 Å². The third-order valence-electron chi connectivity index (χ3n) is 3.72. The van der Waals surface area contributed by atoms with Gasteiger partial charge in [-0.2, -0.15) is 0 Å². The van der Waals surface area contributed by atoms with Crippen molar-refractivity contribution < 1.29 is 26.9 Å². The molecule has 0 aliphatic carbocycles. The first-order valence-electron chi connectivity index (χ1n) is 11.8. The summed E-state index contributed by atoms with van der Waals surface area (Å²) in [4.78, 5) is 13.2. The summed E-state index contributed by atoms with van der Waals surface area (Å²) < 4.78 is 31.8. The normalized spacial score (nSPS) is 17.1. The van der Waals surface area contributed by atoms with Gasteiger partial charge in [-0.1, -0.05) is 0 Å². The Labute approximate surface area is 203 Å². The zero-order valence-corrected chi connectivity index (χ0v) is 28.6. The molecule has 11 heteroatoms. The molecule has 0 radical (unpaired) electrons. The van der Waals surface area contributed by atoms with E-state index in [2.05, 4.69) is 78.6 Å². The number of hydrogen-bond acceptors (Lipinski definition) is 6. The second-order valence-corrected chi connectivity index (χ2v) is 35.8. The first kappa shape index (κ1) is 32.4. The van der Waals surface area contributed by atoms with E-state index in [0.29, 0.717) is 13.0 Å². The summed E-state index contributed by atoms with van der Waals surface area (Å²) in [5.74, 6) is -0.270. The summed E-state index contributed by atoms with van der Waals surface area (Å²) in [5, 5.41) is 0. The van der Waals surface area contributed by atoms with Crippen LogP contribution in [-0.2, 0) is 26.9 Å². The zero-order valence-electron chi connectivity index (χ0n) is 23.6. The van der Waals surface area contributed by atoms with Crippen LogP contribution in [0, 0.1) is 0 Å². The molecule has 0 fully saturated rings. The molecule has 0 saturated heterocycles. The molecule has 0 aliphatic heterocycles. The van der Waals surface area contributed by atoms with Crippen molar-refractivity contribution in [2.45, 2.75) is 123 Å². The van der Waals surface area contributed by atoms with Crippen LogP contribution in [0.3, 0.4) is 0 Å². The van der Waals surface area contributed by atoms with E-state index in [0.717, 1.165) is 0 Å². The predicted molar refractivity (Wildman–Crippen MR) is 148 cm³/mol. The van der Waals surface area contributed by atoms with E-state index >= 15 is 0 Å². The summed E-state index contributed by atoms with van der Waals surface area (Å²) >= 11 is 0. The van der Waals surface area contributed by atoms with Crippen LogP contribution in [0.25, 0.3) is 0 Å². The topological polar surface area (TPSA) is 63.2 Å². The van der Waals surface area contributed by atoms with Gasteiger partial charge in [-0.25, -0.2) is 0 Å². The molecule has 1 unspecified atom stereocenters. The average Bonchev–Trinajstić information content (AvgIpc) is 2.43. The Morgan fingerprint density at radius 1 is 0.562 bits per heavy atom. The Morgan fingerprint density at radius 2 is 0.969 bits per heavy atom. The first-order chi connectivity index (χ1) is 13.9. The average molecular weight is 541 g/mol. The number of carbonyl (C=O) groups excluding carboxylic acids is 1. The largest absolute Gasteiger partial charge is 0.518 e. The highest BCUT2D eigenvalue weighted by atomic mass is 28.4. The molecule has 0 aromatic carbocycles. The van der Waals surface area contributed by atoms with Gasteiger partial charge in [0.25, 0.3) is 0 Å². The minimum atomic E-state index is -2.05. The number of hydrogen-bond donors (Lipinski definition) is 0. The van der Waals surface area contributed by atoms with Gasteiger partial charge in [0.05, 0.1) is 18.8 Å². The fourth-order valence-electron chi connectivity index (χ4n) is 2.93. The molecule has 32 heavy (non-hydrogen) atoms. The van der Waals surface area contributed by atoms with E-state index in [-0.39, 0.29) is 18.2 Å². The molecule has 3 atom stereocenters. The van der Waals surface area contributed by atoms with E-state index < -0.39 is 47.7 Å². The van der Waals surface area contributed by atoms with Crippen LogP contribution in [0.1, 0.15) is 6.42 Å². The van der Waals surface area contributed by atoms with Crippen molar-refractivity contribution in [1.29, 1.82) is 0 Å². The van der Waals surface area contributed by atoms with E-state index in [9.17, 15) is 4.79 Å². The van der Waals surface area contributed by atoms with Crippen molar-refractivity contribution in [3.05, 3.63) is 0 Å². The molecule has 0 aliphatic rings. The van der Waals surface area contributed by atoms with Crippen molar-refractivity contribution in [2.24, 2.45) is 0 Å². The predicted octanol–water partition coefficient (Wildman–Crippen LogP) is 6.27. The molecule has 0 aromatic heterocycles. The fraction of sp³-hybridized carbons (Fsp3) is 0.952. The minimum absolute atomic E-state index is 0.243. The molecule has 0 rings (SSSR count). The molecule has 0 spiro atoms. The van der Waals surface area contributed by atoms with Gasteiger partial charge in [0.15, 0.2) is 33.3 Å². The van der Waals surface area contributed by atoms with Gasteiger partial charge in [0.2, 0.25) is 8.32 Å². The third kappa shape index (κ3) is 17.8. The summed E-state index contributed by atoms with van der Waals surface area (Å²) in [6, 6.07) is 0. The minimum Gasteiger partial charge on any atom is -0.518 e. The standard InChI is InChI=1S/C21H52O6Si5/c1-28(2,3)23-17-20(26-31(10,11)12)18(24-29(4,5)6)16-19(25-30(7,8)9)21(22)27-32(13,14)15/h18-20H,16-17H2,1-15H3/t18-,19+,20?/m0/s1. The molecule has 6 nitrogen and oxygen atoms in total. The van der Waals surface area contributed by atoms with Crippen LogP contribution in [0.5, 0.6) is 0 Å². The van der Waals surface area contributed by atoms with Crippen LogP contribution < -0.4 is 0 Å². The summed E-state index contributed by atoms with van der Waals surface area (Å²) in [6.07, 6.45) is -0.774. The monoisotopic (exact) mass is 540 g/mol. The Hall–Kier alpha value is 0.394. The number of carbonyl (C=O) groups is 1. The maximum atomic E-state index is 13.2. The van der Waals surface area contributed by atoms with Crippen molar-refractivity contribution in [3.63, 3.8) is 0 Å². The molecule has 0 saturated carbocycles. The molecular formula is C21H52O6Si5. The lowest BCUT2D eigenvalue weighted by Crippen LogP contribution is -2.51. The lowest BCUT2D eigenvalue weighted by molar-refractivity contribution is -0.145. The Morgan fingerprint density at radius 3 is 1.31 bits per heavy atom. The highest BCUT2D eigenvalue weighted by Crippen LogP contribution is 2.25. The highest BCUT2D eigenvalue weighted by molar-refractivity contribution is 6.72. The van der Waals surface area contributed by atoms with Crippen LogP contribution in [0.4, 0.5) is 0 Å². The fourth-order valence-corrected chi connectivity index (χ4v) is 7.66. The Bertz CT molecular complexity index is 582. The van der Waals surface area contributed by atoms with Gasteiger partial charge in [-0.15, -0.1) is 0 Å². The summed E-state index contributed by atoms with van der Waals surface area (Å²) in [6.45, 7) is 32.4. The van der Waals surface area contributed by atoms with Crippen molar-refractivity contribution >= 4 is 47.6 Å². The van der Waals surface area contributed by atoms with E-state index in [1.165, 1.54) is 0 Å². The van der Waals surface area contributed by atoms with Gasteiger partial charge in [0.1, 0.15) is 6.10 Å². The van der Waals surface area contributed by atoms with Gasteiger partial charge in [0, 0.05) is 6.42 Å². The van der Waals surface area contributed by atoms with Gasteiger partial charge < -0.3 is 22.1 Å². The van der Waals surface area contributed by atoms with Crippen LogP contribution in [0.15, 0.2) is 0 Å². The first-order valence-corrected chi connectivity index (χ1v) is 28.8. The van der Waals surface area contributed by atoms with E-state index in [1.807, 2.05) is 19.6 Å². The smallest absolute Gasteiger partial charge is 0.320 e. The van der Waals surface area contributed by atoms with E-state index in [1.54, 1.807) is 0 Å². The molecular weight excluding hydrogens is 489 g/mol. The molecule has 0 bridgehead atoms. The Balaban J connectivity index is 6.07. The molecule has 0 amide bonds. The van der Waals surface area contributed by atoms with Gasteiger partial charge in [-0.3, -0.25) is 4.79 Å². The highest BCUT2D eigenvalue weighted by Gasteiger charge is 2.39. The molecule has 0 heterocycles. The van der Waals surface area contributed by atoms with Crippen LogP contribution >= 0.6 is 0 Å². The Kier molecular flexibility index (Phi) is 12.0. The third-order valence-corrected chi connectivity index (χ3v) is 8.57. The SMILES string of the molecule is C[Si](C)(C)OCC(O[Si](C)(C)C)[C@H](C[C@@H](O[Si](C)(C)C)C(=O)O[Si](C)(C)C)O[Si](C)(C)C. The summed E-state index contributed by atoms with van der Waals surface area (Å²) in [7, 11) is -9.63. The van der Waals surface area contributed by atoms with Crippen molar-refractivity contribution in [3.8, 4) is 0 Å². The second-order valence-electron chi connectivity index (χ2n) is 13.4. The number of rotatable bonds is 14. The van der Waals surface area contributed by atoms with Crippen molar-refractivity contribution in [1.82, 2.24) is 0 Å². The maximum absolute atomic E-state index is 13.2. The quantitative estimate of drug-likeness (QED) is 0.242. The lowest BCUT2D eigenvalue weighted by atomic mass is 10.1. The lowest BCUT2D eigenvalue weighted by Gasteiger charge is -2.39. The second kappa shape index (κ2) is 11.9. The van der Waals surface area contributed by atoms with Crippen LogP contribution in [-0.4, -0.2) is 72.5 Å². The van der Waals surface area contributed by atoms with Crippen molar-refractivity contribution in [2.75, 3.05) is 6.61 Å². The van der Waals surface area contributed by atoms with Crippen LogP contribution in [0.2, 0.25) is 98.2 Å². The summed E-state index contributed by atoms with van der Waals surface area (Å²) in [5.41, 5.74) is 0. The zero-order chi connectivity index (χ0) is 25.8. The molecule has 0 N–H and O–H groups in total.